The summed E-state index contributed by atoms with van der Waals surface area (Å²) in [7, 11) is -0.669. The largest absolute Gasteiger partial charge is 0.497 e. The van der Waals surface area contributed by atoms with Crippen LogP contribution in [0.25, 0.3) is 11.2 Å². The molecule has 0 unspecified atom stereocenters. The summed E-state index contributed by atoms with van der Waals surface area (Å²) < 4.78 is 45.7. The fourth-order valence-electron chi connectivity index (χ4n) is 4.02. The van der Waals surface area contributed by atoms with E-state index < -0.39 is 26.8 Å². The number of hydrogen-bond donors (Lipinski definition) is 0. The molecule has 0 saturated carbocycles. The van der Waals surface area contributed by atoms with Crippen LogP contribution in [0, 0.1) is 0 Å². The van der Waals surface area contributed by atoms with E-state index in [0.717, 1.165) is 10.1 Å². The molecule has 0 amide bonds. The Kier molecular flexibility index (Phi) is 8.13. The summed E-state index contributed by atoms with van der Waals surface area (Å²) in [5.41, 5.74) is -0.383. The van der Waals surface area contributed by atoms with Gasteiger partial charge in [-0.05, 0) is 24.3 Å². The van der Waals surface area contributed by atoms with Gasteiger partial charge in [0, 0.05) is 18.2 Å². The lowest BCUT2D eigenvalue weighted by molar-refractivity contribution is 0.0984. The van der Waals surface area contributed by atoms with Crippen molar-refractivity contribution in [1.82, 2.24) is 18.7 Å². The Bertz CT molecular complexity index is 1670. The number of imidazole rings is 1. The first kappa shape index (κ1) is 26.9. The van der Waals surface area contributed by atoms with Gasteiger partial charge >= 0.3 is 5.69 Å². The van der Waals surface area contributed by atoms with Crippen LogP contribution in [0.2, 0.25) is 0 Å². The average Bonchev–Trinajstić information content (AvgIpc) is 3.34. The van der Waals surface area contributed by atoms with Crippen LogP contribution >= 0.6 is 0 Å². The van der Waals surface area contributed by atoms with E-state index in [9.17, 15) is 18.0 Å². The Morgan fingerprint density at radius 2 is 1.79 bits per heavy atom. The Morgan fingerprint density at radius 1 is 1.03 bits per heavy atom. The second kappa shape index (κ2) is 11.5. The van der Waals surface area contributed by atoms with Crippen LogP contribution in [0.3, 0.4) is 0 Å². The highest BCUT2D eigenvalue weighted by atomic mass is 32.2. The second-order valence-electron chi connectivity index (χ2n) is 8.31. The van der Waals surface area contributed by atoms with Crippen LogP contribution in [0.4, 0.5) is 0 Å². The molecule has 0 bridgehead atoms. The minimum Gasteiger partial charge on any atom is -0.497 e. The van der Waals surface area contributed by atoms with Gasteiger partial charge in [-0.3, -0.25) is 13.9 Å². The predicted octanol–water partition coefficient (Wildman–Crippen LogP) is 2.06. The molecule has 2 heterocycles. The van der Waals surface area contributed by atoms with Gasteiger partial charge in [0.1, 0.15) is 18.2 Å². The monoisotopic (exact) mass is 540 g/mol. The summed E-state index contributed by atoms with van der Waals surface area (Å²) >= 11 is 0. The number of hydrogen-bond acceptors (Lipinski definition) is 8. The van der Waals surface area contributed by atoms with Crippen molar-refractivity contribution in [3.05, 3.63) is 93.9 Å². The van der Waals surface area contributed by atoms with Gasteiger partial charge in [0.15, 0.2) is 21.0 Å². The van der Waals surface area contributed by atoms with Crippen LogP contribution in [0.15, 0.2) is 82.0 Å². The van der Waals surface area contributed by atoms with Crippen molar-refractivity contribution in [3.63, 3.8) is 0 Å². The maximum absolute atomic E-state index is 13.6. The third kappa shape index (κ3) is 5.41. The first-order valence-corrected chi connectivity index (χ1v) is 13.3. The summed E-state index contributed by atoms with van der Waals surface area (Å²) in [6.07, 6.45) is 2.98. The first-order valence-electron chi connectivity index (χ1n) is 11.7. The van der Waals surface area contributed by atoms with Crippen molar-refractivity contribution in [3.8, 4) is 11.5 Å². The summed E-state index contributed by atoms with van der Waals surface area (Å²) in [6, 6.07) is 13.2. The summed E-state index contributed by atoms with van der Waals surface area (Å²) in [6.45, 7) is 3.42. The Hall–Kier alpha value is -4.16. The van der Waals surface area contributed by atoms with Crippen LogP contribution < -0.4 is 20.7 Å². The van der Waals surface area contributed by atoms with Gasteiger partial charge < -0.3 is 18.8 Å². The van der Waals surface area contributed by atoms with Gasteiger partial charge in [-0.1, -0.05) is 24.3 Å². The molecular weight excluding hydrogens is 512 g/mol. The fraction of sp³-hybridized carbons (Fsp3) is 0.269. The van der Waals surface area contributed by atoms with E-state index in [2.05, 4.69) is 11.6 Å². The molecule has 0 atom stereocenters. The number of aromatic nitrogens is 4. The summed E-state index contributed by atoms with van der Waals surface area (Å²) in [5, 5.41) is 0. The zero-order valence-electron chi connectivity index (χ0n) is 21.1. The van der Waals surface area contributed by atoms with Gasteiger partial charge in [-0.25, -0.2) is 18.2 Å². The van der Waals surface area contributed by atoms with E-state index in [-0.39, 0.29) is 42.5 Å². The normalized spacial score (nSPS) is 11.5. The predicted molar refractivity (Wildman–Crippen MR) is 142 cm³/mol. The Balaban J connectivity index is 1.80. The molecule has 0 fully saturated rings. The zero-order valence-corrected chi connectivity index (χ0v) is 21.9. The number of benzene rings is 2. The molecule has 4 rings (SSSR count). The lowest BCUT2D eigenvalue weighted by Gasteiger charge is -2.14. The van der Waals surface area contributed by atoms with Gasteiger partial charge in [-0.15, -0.1) is 6.58 Å². The molecule has 11 nitrogen and oxygen atoms in total. The molecule has 0 aliphatic rings. The van der Waals surface area contributed by atoms with Crippen LogP contribution in [0.5, 0.6) is 11.5 Å². The molecule has 4 aromatic rings. The molecule has 0 radical (unpaired) electrons. The third-order valence-corrected chi connectivity index (χ3v) is 7.67. The number of sulfone groups is 1. The maximum Gasteiger partial charge on any atom is 0.334 e. The third-order valence-electron chi connectivity index (χ3n) is 5.96. The molecule has 12 heteroatoms. The molecule has 0 saturated heterocycles. The molecule has 0 aliphatic carbocycles. The molecule has 0 N–H and O–H groups in total. The minimum absolute atomic E-state index is 0.111. The van der Waals surface area contributed by atoms with Gasteiger partial charge in [0.2, 0.25) is 0 Å². The van der Waals surface area contributed by atoms with Crippen LogP contribution in [0.1, 0.15) is 5.56 Å². The zero-order chi connectivity index (χ0) is 27.3. The lowest BCUT2D eigenvalue weighted by Crippen LogP contribution is -2.42. The molecular formula is C26H28N4O7S. The molecule has 0 aliphatic heterocycles. The van der Waals surface area contributed by atoms with Crippen molar-refractivity contribution >= 4 is 21.0 Å². The SMILES string of the molecule is C=CCOCn1c(=O)n(CCS(=O)(=O)c2ccccc2)c(=O)c2c1ncn2Cc1ccc(OC)cc1OC. The van der Waals surface area contributed by atoms with E-state index >= 15 is 0 Å². The van der Waals surface area contributed by atoms with Crippen molar-refractivity contribution in [1.29, 1.82) is 0 Å². The molecule has 2 aromatic heterocycles. The molecule has 0 spiro atoms. The number of ether oxygens (including phenoxy) is 3. The Morgan fingerprint density at radius 3 is 2.47 bits per heavy atom. The first-order chi connectivity index (χ1) is 18.3. The fourth-order valence-corrected chi connectivity index (χ4v) is 5.25. The van der Waals surface area contributed by atoms with Gasteiger partial charge in [0.25, 0.3) is 5.56 Å². The van der Waals surface area contributed by atoms with Crippen LogP contribution in [-0.2, 0) is 34.4 Å². The van der Waals surface area contributed by atoms with Gasteiger partial charge in [0.05, 0.1) is 44.3 Å². The van der Waals surface area contributed by atoms with Crippen molar-refractivity contribution in [2.45, 2.75) is 24.7 Å². The quantitative estimate of drug-likeness (QED) is 0.198. The second-order valence-corrected chi connectivity index (χ2v) is 10.4. The molecule has 38 heavy (non-hydrogen) atoms. The topological polar surface area (TPSA) is 124 Å². The number of methoxy groups -OCH3 is 2. The van der Waals surface area contributed by atoms with Crippen molar-refractivity contribution in [2.75, 3.05) is 26.6 Å². The van der Waals surface area contributed by atoms with E-state index in [1.54, 1.807) is 48.1 Å². The smallest absolute Gasteiger partial charge is 0.334 e. The Labute approximate surface area is 219 Å². The highest BCUT2D eigenvalue weighted by Crippen LogP contribution is 2.26. The number of nitrogens with zero attached hydrogens (tertiary/aromatic N) is 4. The van der Waals surface area contributed by atoms with E-state index in [1.165, 1.54) is 36.2 Å². The van der Waals surface area contributed by atoms with Crippen LogP contribution in [-0.4, -0.2) is 53.7 Å². The van der Waals surface area contributed by atoms with Gasteiger partial charge in [-0.2, -0.15) is 0 Å². The average molecular weight is 541 g/mol. The van der Waals surface area contributed by atoms with E-state index in [1.807, 2.05) is 0 Å². The molecule has 200 valence electrons. The summed E-state index contributed by atoms with van der Waals surface area (Å²) in [4.78, 5) is 31.4. The standard InChI is InChI=1S/C26H28N4O7S/c1-4-13-37-18-30-24-23(28(17-27-24)16-19-10-11-20(35-2)15-22(19)36-3)25(31)29(26(30)32)12-14-38(33,34)21-8-6-5-7-9-21/h4-11,15,17H,1,12-14,16,18H2,2-3H3. The number of rotatable bonds is 12. The minimum atomic E-state index is -3.74. The number of fused-ring (bicyclic) bond motifs is 1. The maximum atomic E-state index is 13.6. The highest BCUT2D eigenvalue weighted by molar-refractivity contribution is 7.91. The lowest BCUT2D eigenvalue weighted by atomic mass is 10.2. The van der Waals surface area contributed by atoms with Crippen molar-refractivity contribution in [2.24, 2.45) is 0 Å². The molecule has 2 aromatic carbocycles. The highest BCUT2D eigenvalue weighted by Gasteiger charge is 2.21. The van der Waals surface area contributed by atoms with E-state index in [4.69, 9.17) is 14.2 Å². The van der Waals surface area contributed by atoms with Crippen molar-refractivity contribution < 1.29 is 22.6 Å². The van der Waals surface area contributed by atoms with E-state index in [0.29, 0.717) is 11.5 Å². The summed E-state index contributed by atoms with van der Waals surface area (Å²) in [5.74, 6) is 0.713.